The minimum atomic E-state index is -1.01. The van der Waals surface area contributed by atoms with Crippen LogP contribution in [0.25, 0.3) is 0 Å². The molecule has 0 aliphatic carbocycles. The van der Waals surface area contributed by atoms with Gasteiger partial charge in [0, 0.05) is 43.5 Å². The van der Waals surface area contributed by atoms with Gasteiger partial charge < -0.3 is 15.1 Å². The smallest absolute Gasteiger partial charge is 0.253 e. The summed E-state index contributed by atoms with van der Waals surface area (Å²) >= 11 is 12.7. The first kappa shape index (κ1) is 21.7. The maximum atomic E-state index is 15.1. The van der Waals surface area contributed by atoms with Crippen molar-refractivity contribution >= 4 is 40.7 Å². The summed E-state index contributed by atoms with van der Waals surface area (Å²) in [5, 5.41) is 3.73. The molecule has 8 heteroatoms. The molecule has 2 aromatic rings. The van der Waals surface area contributed by atoms with Crippen LogP contribution in [0.5, 0.6) is 0 Å². The van der Waals surface area contributed by atoms with Gasteiger partial charge in [-0.1, -0.05) is 35.8 Å². The van der Waals surface area contributed by atoms with Crippen molar-refractivity contribution in [3.8, 4) is 0 Å². The Kier molecular flexibility index (Phi) is 5.71. The van der Waals surface area contributed by atoms with Crippen LogP contribution in [0.4, 0.5) is 10.1 Å². The zero-order valence-electron chi connectivity index (χ0n) is 17.1. The highest BCUT2D eigenvalue weighted by molar-refractivity contribution is 6.42. The maximum Gasteiger partial charge on any atom is 0.253 e. The summed E-state index contributed by atoms with van der Waals surface area (Å²) in [7, 11) is 1.77. The topological polar surface area (TPSA) is 52.7 Å². The van der Waals surface area contributed by atoms with Crippen molar-refractivity contribution in [1.29, 1.82) is 0 Å². The van der Waals surface area contributed by atoms with Gasteiger partial charge in [0.1, 0.15) is 5.82 Å². The van der Waals surface area contributed by atoms with Crippen LogP contribution >= 0.6 is 23.2 Å². The molecule has 0 unspecified atom stereocenters. The lowest BCUT2D eigenvalue weighted by molar-refractivity contribution is -0.125. The van der Waals surface area contributed by atoms with Crippen LogP contribution in [0.3, 0.4) is 0 Å². The molecular formula is C23H22Cl2FN3O2. The average Bonchev–Trinajstić information content (AvgIpc) is 3.18. The third-order valence-electron chi connectivity index (χ3n) is 6.07. The van der Waals surface area contributed by atoms with Crippen LogP contribution in [-0.2, 0) is 16.8 Å². The van der Waals surface area contributed by atoms with Crippen LogP contribution in [0, 0.1) is 5.82 Å². The largest absolute Gasteiger partial charge is 0.374 e. The Hall–Kier alpha value is -2.57. The highest BCUT2D eigenvalue weighted by Crippen LogP contribution is 2.43. The first-order valence-electron chi connectivity index (χ1n) is 9.97. The first-order chi connectivity index (χ1) is 14.8. The third kappa shape index (κ3) is 3.79. The lowest BCUT2D eigenvalue weighted by atomic mass is 9.87. The molecule has 0 radical (unpaired) electrons. The minimum absolute atomic E-state index is 0.0548. The molecule has 1 atom stereocenters. The van der Waals surface area contributed by atoms with Crippen LogP contribution in [0.15, 0.2) is 43.0 Å². The highest BCUT2D eigenvalue weighted by atomic mass is 35.5. The van der Waals surface area contributed by atoms with E-state index in [9.17, 15) is 9.59 Å². The van der Waals surface area contributed by atoms with Crippen molar-refractivity contribution in [3.05, 3.63) is 75.5 Å². The Morgan fingerprint density at radius 3 is 2.77 bits per heavy atom. The Bertz CT molecular complexity index is 1090. The van der Waals surface area contributed by atoms with Crippen molar-refractivity contribution in [3.63, 3.8) is 0 Å². The van der Waals surface area contributed by atoms with E-state index < -0.39 is 11.4 Å². The summed E-state index contributed by atoms with van der Waals surface area (Å²) in [5.41, 5.74) is 1.43. The van der Waals surface area contributed by atoms with E-state index in [4.69, 9.17) is 23.2 Å². The standard InChI is InChI=1S/C23H22Cl2FN3O2/c1-3-19(30)29-11-9-23(13-29,20-18(26)7-6-17(24)21(20)25)27-15-5-4-14-8-10-28(2)22(31)16(14)12-15/h3-7,12,27H,1,8-11,13H2,2H3/t23-/m0/s1. The number of fused-ring (bicyclic) bond motifs is 1. The van der Waals surface area contributed by atoms with Gasteiger partial charge in [0.15, 0.2) is 0 Å². The Labute approximate surface area is 190 Å². The summed E-state index contributed by atoms with van der Waals surface area (Å²) in [5.74, 6) is -0.811. The molecule has 2 amide bonds. The Morgan fingerprint density at radius 2 is 2.03 bits per heavy atom. The number of rotatable bonds is 4. The van der Waals surface area contributed by atoms with E-state index in [1.54, 1.807) is 22.9 Å². The van der Waals surface area contributed by atoms with Crippen LogP contribution in [-0.4, -0.2) is 48.3 Å². The predicted octanol–water partition coefficient (Wildman–Crippen LogP) is 4.49. The van der Waals surface area contributed by atoms with E-state index in [1.807, 2.05) is 12.1 Å². The predicted molar refractivity (Wildman–Crippen MR) is 120 cm³/mol. The van der Waals surface area contributed by atoms with Crippen molar-refractivity contribution in [1.82, 2.24) is 9.80 Å². The number of likely N-dealkylation sites (tertiary alicyclic amines) is 1. The normalized spacial score (nSPS) is 20.6. The number of hydrogen-bond donors (Lipinski definition) is 1. The van der Waals surface area contributed by atoms with Crippen LogP contribution in [0.2, 0.25) is 10.0 Å². The van der Waals surface area contributed by atoms with Gasteiger partial charge in [0.25, 0.3) is 5.91 Å². The van der Waals surface area contributed by atoms with Gasteiger partial charge in [0.2, 0.25) is 5.91 Å². The number of hydrogen-bond acceptors (Lipinski definition) is 3. The van der Waals surface area contributed by atoms with Gasteiger partial charge in [-0.3, -0.25) is 9.59 Å². The fraction of sp³-hybridized carbons (Fsp3) is 0.304. The van der Waals surface area contributed by atoms with Crippen LogP contribution < -0.4 is 5.32 Å². The summed E-state index contributed by atoms with van der Waals surface area (Å²) < 4.78 is 15.1. The minimum Gasteiger partial charge on any atom is -0.374 e. The number of likely N-dealkylation sites (N-methyl/N-ethyl adjacent to an activating group) is 1. The third-order valence-corrected chi connectivity index (χ3v) is 6.87. The highest BCUT2D eigenvalue weighted by Gasteiger charge is 2.44. The Balaban J connectivity index is 1.79. The molecule has 0 bridgehead atoms. The van der Waals surface area contributed by atoms with E-state index in [2.05, 4.69) is 11.9 Å². The molecule has 31 heavy (non-hydrogen) atoms. The molecule has 0 aromatic heterocycles. The number of benzene rings is 2. The summed E-state index contributed by atoms with van der Waals surface area (Å²) in [6.07, 6.45) is 2.42. The first-order valence-corrected chi connectivity index (χ1v) is 10.7. The summed E-state index contributed by atoms with van der Waals surface area (Å²) in [6, 6.07) is 8.24. The molecule has 5 nitrogen and oxygen atoms in total. The average molecular weight is 462 g/mol. The second-order valence-electron chi connectivity index (χ2n) is 7.99. The number of halogens is 3. The molecule has 4 rings (SSSR count). The summed E-state index contributed by atoms with van der Waals surface area (Å²) in [6.45, 7) is 4.79. The maximum absolute atomic E-state index is 15.1. The van der Waals surface area contributed by atoms with Gasteiger partial charge in [-0.15, -0.1) is 0 Å². The molecule has 1 N–H and O–H groups in total. The van der Waals surface area contributed by atoms with Gasteiger partial charge in [-0.2, -0.15) is 0 Å². The Morgan fingerprint density at radius 1 is 1.26 bits per heavy atom. The second kappa shape index (κ2) is 8.17. The molecule has 162 valence electrons. The van der Waals surface area contributed by atoms with E-state index in [-0.39, 0.29) is 34.0 Å². The quantitative estimate of drug-likeness (QED) is 0.539. The van der Waals surface area contributed by atoms with Gasteiger partial charge >= 0.3 is 0 Å². The van der Waals surface area contributed by atoms with Gasteiger partial charge in [-0.25, -0.2) is 4.39 Å². The molecule has 2 heterocycles. The number of carbonyl (C=O) groups excluding carboxylic acids is 2. The molecule has 0 saturated carbocycles. The molecule has 2 aliphatic rings. The zero-order valence-corrected chi connectivity index (χ0v) is 18.6. The molecule has 1 saturated heterocycles. The number of nitrogens with one attached hydrogen (secondary N) is 1. The fourth-order valence-electron chi connectivity index (χ4n) is 4.40. The lowest BCUT2D eigenvalue weighted by Gasteiger charge is -2.34. The monoisotopic (exact) mass is 461 g/mol. The van der Waals surface area contributed by atoms with Crippen molar-refractivity contribution in [2.24, 2.45) is 0 Å². The molecule has 1 fully saturated rings. The van der Waals surface area contributed by atoms with E-state index in [0.717, 1.165) is 12.0 Å². The lowest BCUT2D eigenvalue weighted by Crippen LogP contribution is -2.41. The molecule has 0 spiro atoms. The molecule has 2 aromatic carbocycles. The number of carbonyl (C=O) groups is 2. The zero-order chi connectivity index (χ0) is 22.3. The van der Waals surface area contributed by atoms with E-state index in [0.29, 0.717) is 30.8 Å². The molecular weight excluding hydrogens is 440 g/mol. The van der Waals surface area contributed by atoms with Crippen molar-refractivity contribution in [2.75, 3.05) is 32.0 Å². The van der Waals surface area contributed by atoms with Crippen molar-refractivity contribution < 1.29 is 14.0 Å². The number of amides is 2. The van der Waals surface area contributed by atoms with Crippen molar-refractivity contribution in [2.45, 2.75) is 18.4 Å². The van der Waals surface area contributed by atoms with E-state index in [1.165, 1.54) is 18.2 Å². The van der Waals surface area contributed by atoms with Crippen LogP contribution in [0.1, 0.15) is 27.9 Å². The van der Waals surface area contributed by atoms with Gasteiger partial charge in [0.05, 0.1) is 15.6 Å². The summed E-state index contributed by atoms with van der Waals surface area (Å²) in [4.78, 5) is 28.2. The number of nitrogens with zero attached hydrogens (tertiary/aromatic N) is 2. The fourth-order valence-corrected chi connectivity index (χ4v) is 4.90. The molecule has 2 aliphatic heterocycles. The van der Waals surface area contributed by atoms with Gasteiger partial charge in [-0.05, 0) is 48.7 Å². The second-order valence-corrected chi connectivity index (χ2v) is 8.77. The van der Waals surface area contributed by atoms with E-state index >= 15 is 4.39 Å². The number of anilines is 1. The SMILES string of the molecule is C=CC(=O)N1CC[C@@](Nc2ccc3c(c2)C(=O)N(C)CC3)(c2c(F)ccc(Cl)c2Cl)C1.